The van der Waals surface area contributed by atoms with E-state index in [2.05, 4.69) is 22.6 Å². The topological polar surface area (TPSA) is 29.5 Å². The third-order valence-electron chi connectivity index (χ3n) is 1.74. The molecule has 0 aliphatic carbocycles. The Balaban J connectivity index is 2.35. The van der Waals surface area contributed by atoms with Gasteiger partial charge >= 0.3 is 0 Å². The van der Waals surface area contributed by atoms with Crippen molar-refractivity contribution in [3.63, 3.8) is 0 Å². The van der Waals surface area contributed by atoms with Gasteiger partial charge in [-0.05, 0) is 13.3 Å². The van der Waals surface area contributed by atoms with Gasteiger partial charge in [0.25, 0.3) is 0 Å². The summed E-state index contributed by atoms with van der Waals surface area (Å²) in [5.74, 6) is 0. The summed E-state index contributed by atoms with van der Waals surface area (Å²) in [6.45, 7) is 2.02. The fourth-order valence-electron chi connectivity index (χ4n) is 1.32. The monoisotopic (exact) mass is 256 g/mol. The zero-order valence-electron chi connectivity index (χ0n) is 6.09. The standard InChI is InChI=1S/C7H13IO2/c1-5-2-6(9)3-7(4-8)10-5/h5-7,9H,2-4H2,1H3/t5-,6+,7-/m1/s1. The third-order valence-corrected chi connectivity index (χ3v) is 2.72. The smallest absolute Gasteiger partial charge is 0.0692 e. The lowest BCUT2D eigenvalue weighted by Gasteiger charge is -2.30. The Labute approximate surface area is 75.1 Å². The van der Waals surface area contributed by atoms with Gasteiger partial charge in [0.1, 0.15) is 0 Å². The van der Waals surface area contributed by atoms with E-state index in [1.807, 2.05) is 6.92 Å². The molecule has 1 fully saturated rings. The van der Waals surface area contributed by atoms with E-state index in [1.54, 1.807) is 0 Å². The molecule has 0 amide bonds. The molecule has 1 aliphatic rings. The predicted molar refractivity (Wildman–Crippen MR) is 48.5 cm³/mol. The van der Waals surface area contributed by atoms with Crippen LogP contribution in [-0.2, 0) is 4.74 Å². The number of alkyl halides is 1. The van der Waals surface area contributed by atoms with Crippen LogP contribution in [0, 0.1) is 0 Å². The quantitative estimate of drug-likeness (QED) is 0.567. The fourth-order valence-corrected chi connectivity index (χ4v) is 1.89. The maximum absolute atomic E-state index is 9.30. The number of hydrogen-bond donors (Lipinski definition) is 1. The SMILES string of the molecule is C[C@@H]1C[C@H](O)C[C@H](CI)O1. The van der Waals surface area contributed by atoms with Crippen LogP contribution < -0.4 is 0 Å². The van der Waals surface area contributed by atoms with Crippen molar-refractivity contribution in [1.29, 1.82) is 0 Å². The van der Waals surface area contributed by atoms with Crippen molar-refractivity contribution < 1.29 is 9.84 Å². The van der Waals surface area contributed by atoms with Crippen molar-refractivity contribution in [3.05, 3.63) is 0 Å². The van der Waals surface area contributed by atoms with Crippen LogP contribution in [0.5, 0.6) is 0 Å². The van der Waals surface area contributed by atoms with Gasteiger partial charge in [0.2, 0.25) is 0 Å². The summed E-state index contributed by atoms with van der Waals surface area (Å²) in [7, 11) is 0. The number of rotatable bonds is 1. The first kappa shape index (κ1) is 8.74. The van der Waals surface area contributed by atoms with Crippen molar-refractivity contribution in [2.24, 2.45) is 0 Å². The lowest BCUT2D eigenvalue weighted by molar-refractivity contribution is -0.0760. The second-order valence-corrected chi connectivity index (χ2v) is 3.73. The van der Waals surface area contributed by atoms with Crippen LogP contribution in [0.3, 0.4) is 0 Å². The van der Waals surface area contributed by atoms with Gasteiger partial charge in [-0.1, -0.05) is 22.6 Å². The Kier molecular flexibility index (Phi) is 3.39. The van der Waals surface area contributed by atoms with Gasteiger partial charge in [-0.2, -0.15) is 0 Å². The molecule has 1 saturated heterocycles. The summed E-state index contributed by atoms with van der Waals surface area (Å²) in [4.78, 5) is 0. The second kappa shape index (κ2) is 3.88. The second-order valence-electron chi connectivity index (χ2n) is 2.85. The summed E-state index contributed by atoms with van der Waals surface area (Å²) in [5, 5.41) is 9.30. The lowest BCUT2D eigenvalue weighted by Crippen LogP contribution is -2.34. The van der Waals surface area contributed by atoms with Gasteiger partial charge in [0, 0.05) is 10.8 Å². The number of aliphatic hydroxyl groups excluding tert-OH is 1. The van der Waals surface area contributed by atoms with Gasteiger partial charge in [-0.15, -0.1) is 0 Å². The maximum atomic E-state index is 9.30. The number of halogens is 1. The van der Waals surface area contributed by atoms with E-state index >= 15 is 0 Å². The molecular weight excluding hydrogens is 243 g/mol. The highest BCUT2D eigenvalue weighted by Gasteiger charge is 2.24. The molecule has 0 radical (unpaired) electrons. The first-order valence-electron chi connectivity index (χ1n) is 3.62. The van der Waals surface area contributed by atoms with Crippen LogP contribution >= 0.6 is 22.6 Å². The van der Waals surface area contributed by atoms with E-state index in [0.29, 0.717) is 0 Å². The molecule has 60 valence electrons. The average molecular weight is 256 g/mol. The van der Waals surface area contributed by atoms with Crippen LogP contribution in [0.15, 0.2) is 0 Å². The summed E-state index contributed by atoms with van der Waals surface area (Å²) >= 11 is 2.29. The summed E-state index contributed by atoms with van der Waals surface area (Å²) in [6.07, 6.45) is 1.99. The largest absolute Gasteiger partial charge is 0.393 e. The Bertz CT molecular complexity index is 97.8. The Morgan fingerprint density at radius 3 is 2.80 bits per heavy atom. The molecule has 0 aromatic carbocycles. The molecule has 1 N–H and O–H groups in total. The number of aliphatic hydroxyl groups is 1. The van der Waals surface area contributed by atoms with Crippen LogP contribution in [0.25, 0.3) is 0 Å². The summed E-state index contributed by atoms with van der Waals surface area (Å²) in [6, 6.07) is 0. The van der Waals surface area contributed by atoms with Crippen molar-refractivity contribution >= 4 is 22.6 Å². The van der Waals surface area contributed by atoms with E-state index < -0.39 is 0 Å². The minimum absolute atomic E-state index is 0.136. The molecule has 0 saturated carbocycles. The molecule has 0 unspecified atom stereocenters. The van der Waals surface area contributed by atoms with E-state index in [4.69, 9.17) is 4.74 Å². The van der Waals surface area contributed by atoms with Gasteiger partial charge < -0.3 is 9.84 Å². The highest BCUT2D eigenvalue weighted by atomic mass is 127. The van der Waals surface area contributed by atoms with Crippen LogP contribution in [-0.4, -0.2) is 27.8 Å². The van der Waals surface area contributed by atoms with Gasteiger partial charge in [0.15, 0.2) is 0 Å². The number of ether oxygens (including phenoxy) is 1. The minimum Gasteiger partial charge on any atom is -0.393 e. The Hall–Kier alpha value is 0.650. The Morgan fingerprint density at radius 1 is 1.60 bits per heavy atom. The first-order valence-corrected chi connectivity index (χ1v) is 5.14. The summed E-state index contributed by atoms with van der Waals surface area (Å²) in [5.41, 5.74) is 0. The molecule has 1 aliphatic heterocycles. The van der Waals surface area contributed by atoms with E-state index in [0.717, 1.165) is 17.3 Å². The zero-order chi connectivity index (χ0) is 7.56. The minimum atomic E-state index is -0.136. The fraction of sp³-hybridized carbons (Fsp3) is 1.00. The average Bonchev–Trinajstić information content (AvgIpc) is 1.85. The maximum Gasteiger partial charge on any atom is 0.0692 e. The molecule has 3 atom stereocenters. The molecular formula is C7H13IO2. The molecule has 0 bridgehead atoms. The highest BCUT2D eigenvalue weighted by molar-refractivity contribution is 14.1. The molecule has 0 spiro atoms. The van der Waals surface area contributed by atoms with Crippen LogP contribution in [0.4, 0.5) is 0 Å². The normalized spacial score (nSPS) is 41.7. The van der Waals surface area contributed by atoms with Crippen molar-refractivity contribution in [3.8, 4) is 0 Å². The third kappa shape index (κ3) is 2.36. The molecule has 1 rings (SSSR count). The molecule has 0 aromatic rings. The highest BCUT2D eigenvalue weighted by Crippen LogP contribution is 2.20. The van der Waals surface area contributed by atoms with Gasteiger partial charge in [-0.25, -0.2) is 0 Å². The number of hydrogen-bond acceptors (Lipinski definition) is 2. The van der Waals surface area contributed by atoms with Gasteiger partial charge in [-0.3, -0.25) is 0 Å². The van der Waals surface area contributed by atoms with Crippen molar-refractivity contribution in [2.45, 2.75) is 38.1 Å². The van der Waals surface area contributed by atoms with Crippen molar-refractivity contribution in [1.82, 2.24) is 0 Å². The molecule has 1 heterocycles. The summed E-state index contributed by atoms with van der Waals surface area (Å²) < 4.78 is 6.52. The van der Waals surface area contributed by atoms with Crippen LogP contribution in [0.2, 0.25) is 0 Å². The lowest BCUT2D eigenvalue weighted by atomic mass is 10.0. The first-order chi connectivity index (χ1) is 4.72. The molecule has 3 heteroatoms. The van der Waals surface area contributed by atoms with Gasteiger partial charge in [0.05, 0.1) is 18.3 Å². The van der Waals surface area contributed by atoms with E-state index in [1.165, 1.54) is 0 Å². The molecule has 2 nitrogen and oxygen atoms in total. The Morgan fingerprint density at radius 2 is 2.30 bits per heavy atom. The molecule has 10 heavy (non-hydrogen) atoms. The van der Waals surface area contributed by atoms with Crippen LogP contribution in [0.1, 0.15) is 19.8 Å². The van der Waals surface area contributed by atoms with E-state index in [-0.39, 0.29) is 18.3 Å². The van der Waals surface area contributed by atoms with Crippen molar-refractivity contribution in [2.75, 3.05) is 4.43 Å². The molecule has 0 aromatic heterocycles. The van der Waals surface area contributed by atoms with E-state index in [9.17, 15) is 5.11 Å². The predicted octanol–water partition coefficient (Wildman–Crippen LogP) is 1.35. The zero-order valence-corrected chi connectivity index (χ0v) is 8.24.